The number of esters is 1. The monoisotopic (exact) mass is 490 g/mol. The highest BCUT2D eigenvalue weighted by Crippen LogP contribution is 2.23. The second-order valence-corrected chi connectivity index (χ2v) is 10.3. The van der Waals surface area contributed by atoms with E-state index in [9.17, 15) is 18.0 Å². The van der Waals surface area contributed by atoms with Crippen molar-refractivity contribution in [3.05, 3.63) is 65.7 Å². The van der Waals surface area contributed by atoms with Gasteiger partial charge < -0.3 is 14.8 Å². The number of methoxy groups -OCH3 is 1. The zero-order valence-electron chi connectivity index (χ0n) is 20.2. The minimum Gasteiger partial charge on any atom is -0.468 e. The first-order chi connectivity index (χ1) is 16.1. The second-order valence-electron chi connectivity index (χ2n) is 8.45. The van der Waals surface area contributed by atoms with Gasteiger partial charge in [-0.2, -0.15) is 4.31 Å². The van der Waals surface area contributed by atoms with Gasteiger partial charge in [-0.05, 0) is 43.4 Å². The van der Waals surface area contributed by atoms with Gasteiger partial charge in [0.1, 0.15) is 12.6 Å². The third kappa shape index (κ3) is 8.14. The number of alkyl carbamates (subject to hydrolysis) is 1. The Labute approximate surface area is 202 Å². The molecule has 0 aromatic heterocycles. The van der Waals surface area contributed by atoms with E-state index in [0.29, 0.717) is 6.42 Å². The molecule has 186 valence electrons. The molecule has 0 fully saturated rings. The lowest BCUT2D eigenvalue weighted by Gasteiger charge is -2.30. The minimum atomic E-state index is -3.94. The summed E-state index contributed by atoms with van der Waals surface area (Å²) < 4.78 is 38.2. The molecule has 1 atom stereocenters. The van der Waals surface area contributed by atoms with Crippen molar-refractivity contribution in [2.24, 2.45) is 5.92 Å². The molecule has 0 radical (unpaired) electrons. The highest BCUT2D eigenvalue weighted by atomic mass is 32.2. The predicted molar refractivity (Wildman–Crippen MR) is 130 cm³/mol. The number of ether oxygens (including phenoxy) is 2. The number of carbonyl (C=O) groups is 2. The summed E-state index contributed by atoms with van der Waals surface area (Å²) >= 11 is 0. The number of nitrogens with zero attached hydrogens (tertiary/aromatic N) is 1. The number of rotatable bonds is 12. The summed E-state index contributed by atoms with van der Waals surface area (Å²) in [5, 5.41) is 2.64. The van der Waals surface area contributed by atoms with Gasteiger partial charge >= 0.3 is 12.1 Å². The summed E-state index contributed by atoms with van der Waals surface area (Å²) in [7, 11) is -2.70. The second kappa shape index (κ2) is 13.1. The highest BCUT2D eigenvalue weighted by molar-refractivity contribution is 7.89. The molecule has 0 aliphatic carbocycles. The van der Waals surface area contributed by atoms with Gasteiger partial charge in [0, 0.05) is 13.1 Å². The van der Waals surface area contributed by atoms with Gasteiger partial charge in [-0.3, -0.25) is 4.79 Å². The fourth-order valence-corrected chi connectivity index (χ4v) is 5.15. The number of sulfonamides is 1. The quantitative estimate of drug-likeness (QED) is 0.358. The van der Waals surface area contributed by atoms with E-state index in [1.54, 1.807) is 12.1 Å². The van der Waals surface area contributed by atoms with Crippen LogP contribution in [0.3, 0.4) is 0 Å². The van der Waals surface area contributed by atoms with E-state index in [1.807, 2.05) is 51.1 Å². The number of carbonyl (C=O) groups excluding carboxylic acids is 2. The van der Waals surface area contributed by atoms with Crippen molar-refractivity contribution in [3.8, 4) is 0 Å². The molecule has 34 heavy (non-hydrogen) atoms. The molecule has 1 N–H and O–H groups in total. The third-order valence-electron chi connectivity index (χ3n) is 5.13. The maximum Gasteiger partial charge on any atom is 0.407 e. The van der Waals surface area contributed by atoms with Crippen LogP contribution in [0.25, 0.3) is 0 Å². The first-order valence-electron chi connectivity index (χ1n) is 11.3. The Bertz CT molecular complexity index is 1020. The van der Waals surface area contributed by atoms with Crippen LogP contribution in [0.5, 0.6) is 0 Å². The van der Waals surface area contributed by atoms with Crippen molar-refractivity contribution in [1.82, 2.24) is 9.62 Å². The van der Waals surface area contributed by atoms with Crippen LogP contribution >= 0.6 is 0 Å². The molecule has 0 aliphatic rings. The van der Waals surface area contributed by atoms with E-state index in [0.717, 1.165) is 11.1 Å². The lowest BCUT2D eigenvalue weighted by molar-refractivity contribution is -0.145. The molecular weight excluding hydrogens is 456 g/mol. The van der Waals surface area contributed by atoms with Gasteiger partial charge in [-0.25, -0.2) is 13.2 Å². The van der Waals surface area contributed by atoms with E-state index in [4.69, 9.17) is 9.47 Å². The van der Waals surface area contributed by atoms with Gasteiger partial charge in [0.2, 0.25) is 10.0 Å². The first kappa shape index (κ1) is 27.3. The van der Waals surface area contributed by atoms with Crippen molar-refractivity contribution in [1.29, 1.82) is 0 Å². The van der Waals surface area contributed by atoms with Crippen molar-refractivity contribution < 1.29 is 27.5 Å². The van der Waals surface area contributed by atoms with Crippen LogP contribution in [0.15, 0.2) is 59.5 Å². The van der Waals surface area contributed by atoms with Crippen molar-refractivity contribution in [2.75, 3.05) is 20.2 Å². The molecular formula is C25H34N2O6S. The average molecular weight is 491 g/mol. The number of aryl methyl sites for hydroxylation is 1. The zero-order valence-corrected chi connectivity index (χ0v) is 21.0. The Morgan fingerprint density at radius 1 is 1.03 bits per heavy atom. The van der Waals surface area contributed by atoms with Gasteiger partial charge in [0.25, 0.3) is 0 Å². The maximum absolute atomic E-state index is 13.4. The van der Waals surface area contributed by atoms with Gasteiger partial charge in [0.15, 0.2) is 0 Å². The Morgan fingerprint density at radius 3 is 2.26 bits per heavy atom. The molecule has 2 aromatic carbocycles. The smallest absolute Gasteiger partial charge is 0.407 e. The van der Waals surface area contributed by atoms with Crippen molar-refractivity contribution in [2.45, 2.75) is 51.2 Å². The van der Waals surface area contributed by atoms with Crippen LogP contribution in [0.1, 0.15) is 37.8 Å². The summed E-state index contributed by atoms with van der Waals surface area (Å²) in [5.41, 5.74) is 1.80. The van der Waals surface area contributed by atoms with E-state index < -0.39 is 28.1 Å². The molecule has 0 spiro atoms. The van der Waals surface area contributed by atoms with Gasteiger partial charge in [0.05, 0.1) is 12.0 Å². The molecule has 1 amide bonds. The molecule has 0 heterocycles. The summed E-state index contributed by atoms with van der Waals surface area (Å²) in [6, 6.07) is 14.8. The predicted octanol–water partition coefficient (Wildman–Crippen LogP) is 3.89. The van der Waals surface area contributed by atoms with Crippen molar-refractivity contribution in [3.63, 3.8) is 0 Å². The first-order valence-corrected chi connectivity index (χ1v) is 12.7. The largest absolute Gasteiger partial charge is 0.468 e. The molecule has 2 aromatic rings. The van der Waals surface area contributed by atoms with Crippen molar-refractivity contribution >= 4 is 22.1 Å². The summed E-state index contributed by atoms with van der Waals surface area (Å²) in [6.45, 7) is 6.17. The van der Waals surface area contributed by atoms with Crippen LogP contribution in [0.4, 0.5) is 4.79 Å². The Balaban J connectivity index is 2.05. The van der Waals surface area contributed by atoms with Crippen LogP contribution in [0, 0.1) is 12.8 Å². The van der Waals surface area contributed by atoms with E-state index in [1.165, 1.54) is 23.5 Å². The van der Waals surface area contributed by atoms with Crippen LogP contribution in [-0.2, 0) is 30.9 Å². The lowest BCUT2D eigenvalue weighted by Crippen LogP contribution is -2.47. The molecule has 0 bridgehead atoms. The molecule has 2 rings (SSSR count). The normalized spacial score (nSPS) is 12.4. The molecule has 1 unspecified atom stereocenters. The minimum absolute atomic E-state index is 0.0153. The number of hydrogen-bond donors (Lipinski definition) is 1. The van der Waals surface area contributed by atoms with E-state index in [2.05, 4.69) is 5.32 Å². The van der Waals surface area contributed by atoms with Crippen LogP contribution in [0.2, 0.25) is 0 Å². The average Bonchev–Trinajstić information content (AvgIpc) is 2.82. The lowest BCUT2D eigenvalue weighted by atomic mass is 10.1. The highest BCUT2D eigenvalue weighted by Gasteiger charge is 2.36. The zero-order chi connectivity index (χ0) is 25.1. The number of benzene rings is 2. The number of nitrogens with one attached hydrogen (secondary N) is 1. The maximum atomic E-state index is 13.4. The molecule has 0 saturated carbocycles. The summed E-state index contributed by atoms with van der Waals surface area (Å²) in [6.07, 6.45) is -0.0356. The Kier molecular flexibility index (Phi) is 10.5. The fraction of sp³-hybridized carbons (Fsp3) is 0.440. The Hall–Kier alpha value is -2.91. The van der Waals surface area contributed by atoms with Crippen LogP contribution in [-0.4, -0.2) is 51.0 Å². The molecule has 9 heteroatoms. The number of hydrogen-bond acceptors (Lipinski definition) is 6. The van der Waals surface area contributed by atoms with Gasteiger partial charge in [-0.15, -0.1) is 0 Å². The van der Waals surface area contributed by atoms with Gasteiger partial charge in [-0.1, -0.05) is 61.9 Å². The SMILES string of the molecule is COC(=O)C(CCCNC(=O)OCc1ccccc1)N(CC(C)C)S(=O)(=O)c1ccc(C)cc1. The van der Waals surface area contributed by atoms with E-state index >= 15 is 0 Å². The molecule has 0 saturated heterocycles. The standard InChI is InChI=1S/C25H34N2O6S/c1-19(2)17-27(34(30,31)22-14-12-20(3)13-15-22)23(24(28)32-4)11-8-16-26-25(29)33-18-21-9-6-5-7-10-21/h5-7,9-10,12-15,19,23H,8,11,16-18H2,1-4H3,(H,26,29). The molecule has 8 nitrogen and oxygen atoms in total. The topological polar surface area (TPSA) is 102 Å². The van der Waals surface area contributed by atoms with E-state index in [-0.39, 0.29) is 36.9 Å². The molecule has 0 aliphatic heterocycles. The Morgan fingerprint density at radius 2 is 1.68 bits per heavy atom. The summed E-state index contributed by atoms with van der Waals surface area (Å²) in [4.78, 5) is 24.7. The fourth-order valence-electron chi connectivity index (χ4n) is 3.37. The summed E-state index contributed by atoms with van der Waals surface area (Å²) in [5.74, 6) is -0.651. The number of amides is 1. The van der Waals surface area contributed by atoms with Crippen LogP contribution < -0.4 is 5.32 Å². The third-order valence-corrected chi connectivity index (χ3v) is 7.02.